The second-order valence-electron chi connectivity index (χ2n) is 6.02. The highest BCUT2D eigenvalue weighted by molar-refractivity contribution is 5.97. The van der Waals surface area contributed by atoms with E-state index in [-0.39, 0.29) is 5.82 Å². The molecule has 2 amide bonds. The average molecular weight is 364 g/mol. The van der Waals surface area contributed by atoms with Gasteiger partial charge in [0.15, 0.2) is 0 Å². The highest BCUT2D eigenvalue weighted by Gasteiger charge is 2.15. The first-order valence-corrected chi connectivity index (χ1v) is 8.20. The summed E-state index contributed by atoms with van der Waals surface area (Å²) in [5, 5.41) is 8.72. The van der Waals surface area contributed by atoms with E-state index in [1.165, 1.54) is 12.1 Å². The molecule has 3 aromatic rings. The summed E-state index contributed by atoms with van der Waals surface area (Å²) in [4.78, 5) is 23.4. The number of carbonyl (C=O) groups excluding carboxylic acids is 2. The van der Waals surface area contributed by atoms with E-state index in [1.807, 2.05) is 6.07 Å². The Balaban J connectivity index is 2.08. The lowest BCUT2D eigenvalue weighted by atomic mass is 9.90. The van der Waals surface area contributed by atoms with Gasteiger partial charge in [0.2, 0.25) is 5.91 Å². The second-order valence-corrected chi connectivity index (χ2v) is 6.02. The first-order valence-electron chi connectivity index (χ1n) is 8.20. The number of halogens is 1. The van der Waals surface area contributed by atoms with Crippen LogP contribution in [0.1, 0.15) is 31.8 Å². The van der Waals surface area contributed by atoms with Crippen LogP contribution in [-0.2, 0) is 6.42 Å². The van der Waals surface area contributed by atoms with Crippen LogP contribution in [0.4, 0.5) is 4.39 Å². The smallest absolute Gasteiger partial charge is 0.274 e. The number of carbonyl (C=O) groups is 2. The van der Waals surface area contributed by atoms with Crippen molar-refractivity contribution in [2.24, 2.45) is 5.73 Å². The number of nitrogens with one attached hydrogen (secondary N) is 1. The number of amides is 2. The van der Waals surface area contributed by atoms with Crippen LogP contribution in [-0.4, -0.2) is 17.0 Å². The van der Waals surface area contributed by atoms with Crippen LogP contribution in [0.2, 0.25) is 0 Å². The van der Waals surface area contributed by atoms with Crippen molar-refractivity contribution >= 4 is 11.8 Å². The molecule has 0 aliphatic rings. The van der Waals surface area contributed by atoms with Crippen LogP contribution in [0.3, 0.4) is 0 Å². The Morgan fingerprint density at radius 2 is 1.70 bits per heavy atom. The zero-order chi connectivity index (χ0) is 19.4. The SMILES string of the molecule is NC(=O)c1cccc(-c2ccc(C(=O)NO)cc2)c1Cc1cccc(F)c1. The summed E-state index contributed by atoms with van der Waals surface area (Å²) >= 11 is 0. The van der Waals surface area contributed by atoms with E-state index in [9.17, 15) is 14.0 Å². The number of rotatable bonds is 5. The lowest BCUT2D eigenvalue weighted by molar-refractivity contribution is 0.0706. The highest BCUT2D eigenvalue weighted by Crippen LogP contribution is 2.29. The molecule has 3 aromatic carbocycles. The van der Waals surface area contributed by atoms with Crippen LogP contribution in [0.5, 0.6) is 0 Å². The van der Waals surface area contributed by atoms with Crippen LogP contribution in [0.25, 0.3) is 11.1 Å². The van der Waals surface area contributed by atoms with Crippen molar-refractivity contribution < 1.29 is 19.2 Å². The summed E-state index contributed by atoms with van der Waals surface area (Å²) in [7, 11) is 0. The van der Waals surface area contributed by atoms with Gasteiger partial charge in [0, 0.05) is 11.1 Å². The third-order valence-electron chi connectivity index (χ3n) is 4.27. The molecular formula is C21H17FN2O3. The van der Waals surface area contributed by atoms with E-state index in [0.717, 1.165) is 11.1 Å². The minimum Gasteiger partial charge on any atom is -0.366 e. The molecule has 6 heteroatoms. The fraction of sp³-hybridized carbons (Fsp3) is 0.0476. The van der Waals surface area contributed by atoms with Crippen molar-refractivity contribution in [1.29, 1.82) is 0 Å². The number of benzene rings is 3. The molecule has 0 saturated heterocycles. The molecule has 0 saturated carbocycles. The molecule has 3 rings (SSSR count). The summed E-state index contributed by atoms with van der Waals surface area (Å²) in [6.07, 6.45) is 0.324. The van der Waals surface area contributed by atoms with Crippen LogP contribution < -0.4 is 11.2 Å². The fourth-order valence-electron chi connectivity index (χ4n) is 3.00. The third-order valence-corrected chi connectivity index (χ3v) is 4.27. The molecule has 0 spiro atoms. The van der Waals surface area contributed by atoms with Crippen molar-refractivity contribution in [2.45, 2.75) is 6.42 Å². The molecular weight excluding hydrogens is 347 g/mol. The Morgan fingerprint density at radius 3 is 2.33 bits per heavy atom. The zero-order valence-corrected chi connectivity index (χ0v) is 14.3. The summed E-state index contributed by atoms with van der Waals surface area (Å²) in [6.45, 7) is 0. The van der Waals surface area contributed by atoms with Crippen molar-refractivity contribution in [3.63, 3.8) is 0 Å². The summed E-state index contributed by atoms with van der Waals surface area (Å²) in [5.74, 6) is -1.54. The normalized spacial score (nSPS) is 10.4. The molecule has 0 aliphatic heterocycles. The molecule has 27 heavy (non-hydrogen) atoms. The maximum absolute atomic E-state index is 13.6. The Morgan fingerprint density at radius 1 is 1.00 bits per heavy atom. The van der Waals surface area contributed by atoms with E-state index in [4.69, 9.17) is 10.9 Å². The van der Waals surface area contributed by atoms with E-state index in [0.29, 0.717) is 28.7 Å². The number of nitrogens with two attached hydrogens (primary N) is 1. The average Bonchev–Trinajstić information content (AvgIpc) is 2.67. The van der Waals surface area contributed by atoms with Crippen LogP contribution in [0.15, 0.2) is 66.7 Å². The van der Waals surface area contributed by atoms with Gasteiger partial charge in [0.1, 0.15) is 5.82 Å². The van der Waals surface area contributed by atoms with Gasteiger partial charge in [0.25, 0.3) is 5.91 Å². The van der Waals surface area contributed by atoms with Gasteiger partial charge in [-0.3, -0.25) is 14.8 Å². The van der Waals surface area contributed by atoms with E-state index in [2.05, 4.69) is 0 Å². The van der Waals surface area contributed by atoms with E-state index >= 15 is 0 Å². The molecule has 136 valence electrons. The summed E-state index contributed by atoms with van der Waals surface area (Å²) < 4.78 is 13.6. The van der Waals surface area contributed by atoms with Crippen molar-refractivity contribution in [3.05, 3.63) is 94.8 Å². The molecule has 0 unspecified atom stereocenters. The predicted molar refractivity (Wildman–Crippen MR) is 98.9 cm³/mol. The second kappa shape index (κ2) is 7.80. The van der Waals surface area contributed by atoms with Crippen LogP contribution >= 0.6 is 0 Å². The molecule has 0 aromatic heterocycles. The predicted octanol–water partition coefficient (Wildman–Crippen LogP) is 3.30. The highest BCUT2D eigenvalue weighted by atomic mass is 19.1. The third kappa shape index (κ3) is 4.02. The van der Waals surface area contributed by atoms with Gasteiger partial charge >= 0.3 is 0 Å². The Bertz CT molecular complexity index is 1000. The van der Waals surface area contributed by atoms with Gasteiger partial charge in [0.05, 0.1) is 0 Å². The lowest BCUT2D eigenvalue weighted by Gasteiger charge is -2.14. The van der Waals surface area contributed by atoms with E-state index in [1.54, 1.807) is 54.0 Å². The molecule has 0 radical (unpaired) electrons. The maximum atomic E-state index is 13.6. The Hall–Kier alpha value is -3.51. The molecule has 5 nitrogen and oxygen atoms in total. The molecule has 0 fully saturated rings. The lowest BCUT2D eigenvalue weighted by Crippen LogP contribution is -2.18. The van der Waals surface area contributed by atoms with Gasteiger partial charge in [-0.05, 0) is 59.0 Å². The summed E-state index contributed by atoms with van der Waals surface area (Å²) in [6, 6.07) is 17.9. The molecule has 0 heterocycles. The summed E-state index contributed by atoms with van der Waals surface area (Å²) in [5.41, 5.74) is 10.7. The first kappa shape index (κ1) is 18.3. The van der Waals surface area contributed by atoms with Crippen molar-refractivity contribution in [2.75, 3.05) is 0 Å². The van der Waals surface area contributed by atoms with Crippen LogP contribution in [0, 0.1) is 5.82 Å². The van der Waals surface area contributed by atoms with Gasteiger partial charge in [-0.2, -0.15) is 0 Å². The minimum atomic E-state index is -0.618. The van der Waals surface area contributed by atoms with Gasteiger partial charge < -0.3 is 5.73 Å². The quantitative estimate of drug-likeness (QED) is 0.479. The van der Waals surface area contributed by atoms with Gasteiger partial charge in [-0.25, -0.2) is 9.87 Å². The molecule has 0 aliphatic carbocycles. The minimum absolute atomic E-state index is 0.291. The standard InChI is InChI=1S/C21H17FN2O3/c22-16-4-1-3-13(11-16)12-19-17(5-2-6-18(19)20(23)25)14-7-9-15(10-8-14)21(26)24-27/h1-11,27H,12H2,(H2,23,25)(H,24,26). The fourth-order valence-corrected chi connectivity index (χ4v) is 3.00. The molecule has 0 atom stereocenters. The molecule has 4 N–H and O–H groups in total. The van der Waals surface area contributed by atoms with Crippen molar-refractivity contribution in [3.8, 4) is 11.1 Å². The number of hydrogen-bond donors (Lipinski definition) is 3. The number of hydroxylamine groups is 1. The van der Waals surface area contributed by atoms with Gasteiger partial charge in [-0.1, -0.05) is 36.4 Å². The molecule has 0 bridgehead atoms. The first-order chi connectivity index (χ1) is 13.0. The van der Waals surface area contributed by atoms with Crippen molar-refractivity contribution in [1.82, 2.24) is 5.48 Å². The largest absolute Gasteiger partial charge is 0.366 e. The number of hydrogen-bond acceptors (Lipinski definition) is 3. The Kier molecular flexibility index (Phi) is 5.28. The topological polar surface area (TPSA) is 92.4 Å². The maximum Gasteiger partial charge on any atom is 0.274 e. The van der Waals surface area contributed by atoms with Gasteiger partial charge in [-0.15, -0.1) is 0 Å². The van der Waals surface area contributed by atoms with E-state index < -0.39 is 11.8 Å². The Labute approximate surface area is 155 Å². The zero-order valence-electron chi connectivity index (χ0n) is 14.3. The number of primary amides is 1. The monoisotopic (exact) mass is 364 g/mol.